The van der Waals surface area contributed by atoms with E-state index in [0.29, 0.717) is 17.6 Å². The zero-order valence-electron chi connectivity index (χ0n) is 29.1. The van der Waals surface area contributed by atoms with Crippen molar-refractivity contribution in [3.05, 3.63) is 96.3 Å². The summed E-state index contributed by atoms with van der Waals surface area (Å²) in [4.78, 5) is 49.5. The second-order valence-electron chi connectivity index (χ2n) is 10.2. The largest absolute Gasteiger partial charge is 0.498 e. The molecule has 8 heteroatoms. The highest BCUT2D eigenvalue weighted by Crippen LogP contribution is 2.24. The second kappa shape index (κ2) is 24.8. The fourth-order valence-corrected chi connectivity index (χ4v) is 4.18. The monoisotopic (exact) mass is 633 g/mol. The minimum atomic E-state index is -0.810. The Labute approximate surface area is 276 Å². The molecule has 3 amide bonds. The van der Waals surface area contributed by atoms with Gasteiger partial charge in [-0.3, -0.25) is 19.2 Å². The minimum Gasteiger partial charge on any atom is -0.498 e. The highest BCUT2D eigenvalue weighted by Gasteiger charge is 2.19. The van der Waals surface area contributed by atoms with Crippen LogP contribution in [0.4, 0.5) is 0 Å². The number of ketones is 1. The van der Waals surface area contributed by atoms with E-state index in [4.69, 9.17) is 4.74 Å². The van der Waals surface area contributed by atoms with Gasteiger partial charge in [0.25, 0.3) is 5.91 Å². The molecular weight excluding hydrogens is 578 g/mol. The van der Waals surface area contributed by atoms with Crippen LogP contribution in [-0.2, 0) is 23.9 Å². The van der Waals surface area contributed by atoms with Gasteiger partial charge >= 0.3 is 11.8 Å². The molecule has 0 fully saturated rings. The van der Waals surface area contributed by atoms with Gasteiger partial charge in [0, 0.05) is 25.1 Å². The number of benzene rings is 2. The van der Waals surface area contributed by atoms with Gasteiger partial charge in [-0.25, -0.2) is 0 Å². The normalized spacial score (nSPS) is 12.4. The summed E-state index contributed by atoms with van der Waals surface area (Å²) in [6, 6.07) is 13.7. The summed E-state index contributed by atoms with van der Waals surface area (Å²) in [5, 5.41) is 10.3. The van der Waals surface area contributed by atoms with Crippen LogP contribution in [0.5, 0.6) is 0 Å². The molecule has 2 aromatic carbocycles. The lowest BCUT2D eigenvalue weighted by Crippen LogP contribution is -2.41. The van der Waals surface area contributed by atoms with Crippen molar-refractivity contribution < 1.29 is 23.9 Å². The van der Waals surface area contributed by atoms with E-state index in [1.54, 1.807) is 39.0 Å². The Morgan fingerprint density at radius 2 is 1.50 bits per heavy atom. The van der Waals surface area contributed by atoms with Crippen LogP contribution in [0.1, 0.15) is 92.7 Å². The highest BCUT2D eigenvalue weighted by molar-refractivity contribution is 6.35. The SMILES string of the molecule is C=COC(C)CC(=O)/C=C/CCNC(=O)C(=O)NCC(=C/C)/C(=C\C)C(=O)NC(C)c1cccc2ccccc12.CC.CCCC. The molecule has 0 heterocycles. The van der Waals surface area contributed by atoms with Crippen molar-refractivity contribution in [1.82, 2.24) is 16.0 Å². The Kier molecular flexibility index (Phi) is 22.4. The van der Waals surface area contributed by atoms with Crippen LogP contribution in [0, 0.1) is 0 Å². The van der Waals surface area contributed by atoms with E-state index < -0.39 is 11.8 Å². The number of carbonyl (C=O) groups excluding carboxylic acids is 4. The standard InChI is InChI=1S/C32H39N3O5.C4H10.C2H6/c1-6-24(21-34-32(39)31(38)33-19-12-11-16-26(36)20-22(4)40-8-3)27(7-2)30(37)35-23(5)28-18-13-15-25-14-9-10-17-29(25)28;1-3-4-2;1-2/h6-11,13-18,22-23H,3,12,19-21H2,1-2,4-5H3,(H,33,38)(H,34,39)(H,35,37);3-4H2,1-2H3;1-2H3/b16-11+,24-6-,27-7+;;. The molecule has 46 heavy (non-hydrogen) atoms. The zero-order valence-corrected chi connectivity index (χ0v) is 29.1. The number of ether oxygens (including phenoxy) is 1. The Morgan fingerprint density at radius 1 is 0.870 bits per heavy atom. The van der Waals surface area contributed by atoms with Crippen molar-refractivity contribution in [2.45, 2.75) is 93.2 Å². The van der Waals surface area contributed by atoms with Crippen LogP contribution in [0.15, 0.2) is 90.8 Å². The molecule has 0 bridgehead atoms. The van der Waals surface area contributed by atoms with Crippen LogP contribution in [0.25, 0.3) is 10.8 Å². The maximum Gasteiger partial charge on any atom is 0.309 e. The van der Waals surface area contributed by atoms with Gasteiger partial charge in [0.1, 0.15) is 6.10 Å². The summed E-state index contributed by atoms with van der Waals surface area (Å²) in [6.07, 6.45) is 10.8. The van der Waals surface area contributed by atoms with E-state index in [0.717, 1.165) is 16.3 Å². The molecule has 2 unspecified atom stereocenters. The Bertz CT molecular complexity index is 1340. The summed E-state index contributed by atoms with van der Waals surface area (Å²) in [6.45, 7) is 19.2. The second-order valence-corrected chi connectivity index (χ2v) is 10.2. The summed E-state index contributed by atoms with van der Waals surface area (Å²) < 4.78 is 5.11. The Balaban J connectivity index is 0.00000312. The third-order valence-electron chi connectivity index (χ3n) is 6.73. The number of carbonyl (C=O) groups is 4. The molecule has 0 radical (unpaired) electrons. The maximum atomic E-state index is 13.2. The molecule has 2 aromatic rings. The van der Waals surface area contributed by atoms with Gasteiger partial charge in [-0.1, -0.05) is 108 Å². The first-order valence-corrected chi connectivity index (χ1v) is 16.2. The van der Waals surface area contributed by atoms with Crippen LogP contribution in [0.2, 0.25) is 0 Å². The fraction of sp³-hybridized carbons (Fsp3) is 0.421. The first-order chi connectivity index (χ1) is 22.1. The molecule has 2 rings (SSSR count). The summed E-state index contributed by atoms with van der Waals surface area (Å²) in [5.74, 6) is -1.98. The molecule has 0 aliphatic heterocycles. The summed E-state index contributed by atoms with van der Waals surface area (Å²) in [5.41, 5.74) is 2.00. The number of fused-ring (bicyclic) bond motifs is 1. The zero-order chi connectivity index (χ0) is 34.9. The molecule has 0 aromatic heterocycles. The van der Waals surface area contributed by atoms with Crippen molar-refractivity contribution in [3.63, 3.8) is 0 Å². The number of unbranched alkanes of at least 4 members (excludes halogenated alkanes) is 1. The average Bonchev–Trinajstić information content (AvgIpc) is 3.06. The number of amides is 3. The molecule has 0 saturated carbocycles. The van der Waals surface area contributed by atoms with Crippen LogP contribution in [0.3, 0.4) is 0 Å². The summed E-state index contributed by atoms with van der Waals surface area (Å²) in [7, 11) is 0. The lowest BCUT2D eigenvalue weighted by Gasteiger charge is -2.19. The van der Waals surface area contributed by atoms with Crippen molar-refractivity contribution in [2.75, 3.05) is 13.1 Å². The highest BCUT2D eigenvalue weighted by atomic mass is 16.5. The van der Waals surface area contributed by atoms with Gasteiger partial charge in [0.05, 0.1) is 12.3 Å². The molecule has 252 valence electrons. The third kappa shape index (κ3) is 15.5. The van der Waals surface area contributed by atoms with E-state index in [1.165, 1.54) is 25.2 Å². The van der Waals surface area contributed by atoms with E-state index >= 15 is 0 Å². The van der Waals surface area contributed by atoms with Crippen molar-refractivity contribution in [3.8, 4) is 0 Å². The van der Waals surface area contributed by atoms with Gasteiger partial charge in [0.15, 0.2) is 5.78 Å². The van der Waals surface area contributed by atoms with Crippen LogP contribution >= 0.6 is 0 Å². The first kappa shape index (κ1) is 41.5. The van der Waals surface area contributed by atoms with Gasteiger partial charge in [-0.05, 0) is 62.1 Å². The number of hydrogen-bond donors (Lipinski definition) is 3. The average molecular weight is 634 g/mol. The minimum absolute atomic E-state index is 0.0118. The molecule has 0 saturated heterocycles. The molecule has 0 aliphatic rings. The first-order valence-electron chi connectivity index (χ1n) is 16.2. The van der Waals surface area contributed by atoms with E-state index in [2.05, 4.69) is 36.4 Å². The molecular formula is C38H55N3O5. The van der Waals surface area contributed by atoms with Gasteiger partial charge in [0.2, 0.25) is 0 Å². The fourth-order valence-electron chi connectivity index (χ4n) is 4.18. The third-order valence-corrected chi connectivity index (χ3v) is 6.73. The quantitative estimate of drug-likeness (QED) is 0.0621. The van der Waals surface area contributed by atoms with Gasteiger partial charge in [-0.15, -0.1) is 0 Å². The summed E-state index contributed by atoms with van der Waals surface area (Å²) >= 11 is 0. The van der Waals surface area contributed by atoms with E-state index in [1.807, 2.05) is 63.2 Å². The molecule has 0 spiro atoms. The van der Waals surface area contributed by atoms with E-state index in [9.17, 15) is 19.2 Å². The van der Waals surface area contributed by atoms with Crippen LogP contribution in [-0.4, -0.2) is 42.7 Å². The number of nitrogens with one attached hydrogen (secondary N) is 3. The van der Waals surface area contributed by atoms with Crippen molar-refractivity contribution in [1.29, 1.82) is 0 Å². The molecule has 0 aliphatic carbocycles. The lowest BCUT2D eigenvalue weighted by atomic mass is 9.98. The van der Waals surface area contributed by atoms with Crippen molar-refractivity contribution >= 4 is 34.3 Å². The molecule has 3 N–H and O–H groups in total. The predicted octanol–water partition coefficient (Wildman–Crippen LogP) is 7.43. The van der Waals surface area contributed by atoms with Gasteiger partial charge < -0.3 is 20.7 Å². The lowest BCUT2D eigenvalue weighted by molar-refractivity contribution is -0.139. The number of rotatable bonds is 15. The smallest absolute Gasteiger partial charge is 0.309 e. The Morgan fingerprint density at radius 3 is 2.11 bits per heavy atom. The molecule has 8 nitrogen and oxygen atoms in total. The van der Waals surface area contributed by atoms with Crippen LogP contribution < -0.4 is 16.0 Å². The maximum absolute atomic E-state index is 13.2. The Hall–Kier alpha value is -4.46. The van der Waals surface area contributed by atoms with Crippen molar-refractivity contribution in [2.24, 2.45) is 0 Å². The number of allylic oxidation sites excluding steroid dienone is 3. The van der Waals surface area contributed by atoms with Gasteiger partial charge in [-0.2, -0.15) is 0 Å². The van der Waals surface area contributed by atoms with E-state index in [-0.39, 0.29) is 43.3 Å². The topological polar surface area (TPSA) is 114 Å². The number of hydrogen-bond acceptors (Lipinski definition) is 5. The molecule has 2 atom stereocenters. The predicted molar refractivity (Wildman–Crippen MR) is 190 cm³/mol.